The Labute approximate surface area is 112 Å². The third-order valence-corrected chi connectivity index (χ3v) is 3.01. The van der Waals surface area contributed by atoms with Crippen LogP contribution < -0.4 is 0 Å². The number of furan rings is 1. The van der Waals surface area contributed by atoms with E-state index in [1.165, 1.54) is 0 Å². The molecule has 0 saturated carbocycles. The SMILES string of the molecule is Cc1ccoc1CN(C)Cc1cccc(C(=O)O)c1. The van der Waals surface area contributed by atoms with E-state index in [1.807, 2.05) is 26.1 Å². The lowest BCUT2D eigenvalue weighted by molar-refractivity contribution is 0.0696. The maximum Gasteiger partial charge on any atom is 0.335 e. The van der Waals surface area contributed by atoms with Gasteiger partial charge in [0, 0.05) is 6.54 Å². The summed E-state index contributed by atoms with van der Waals surface area (Å²) in [6.07, 6.45) is 1.68. The molecule has 0 fully saturated rings. The van der Waals surface area contributed by atoms with Gasteiger partial charge >= 0.3 is 5.97 Å². The Hall–Kier alpha value is -2.07. The van der Waals surface area contributed by atoms with Crippen molar-refractivity contribution in [2.75, 3.05) is 7.05 Å². The lowest BCUT2D eigenvalue weighted by atomic mass is 10.1. The second-order valence-corrected chi connectivity index (χ2v) is 4.70. The molecule has 4 heteroatoms. The van der Waals surface area contributed by atoms with Crippen LogP contribution in [0.3, 0.4) is 0 Å². The third kappa shape index (κ3) is 3.45. The number of benzene rings is 1. The van der Waals surface area contributed by atoms with Crippen LogP contribution >= 0.6 is 0 Å². The predicted octanol–water partition coefficient (Wildman–Crippen LogP) is 2.92. The smallest absolute Gasteiger partial charge is 0.335 e. The second-order valence-electron chi connectivity index (χ2n) is 4.70. The van der Waals surface area contributed by atoms with E-state index in [-0.39, 0.29) is 0 Å². The molecule has 4 nitrogen and oxygen atoms in total. The van der Waals surface area contributed by atoms with E-state index < -0.39 is 5.97 Å². The van der Waals surface area contributed by atoms with Gasteiger partial charge in [0.05, 0.1) is 18.4 Å². The maximum absolute atomic E-state index is 10.9. The molecule has 0 atom stereocenters. The van der Waals surface area contributed by atoms with Crippen LogP contribution in [0.2, 0.25) is 0 Å². The Morgan fingerprint density at radius 1 is 1.32 bits per heavy atom. The van der Waals surface area contributed by atoms with E-state index in [1.54, 1.807) is 24.5 Å². The normalized spacial score (nSPS) is 10.9. The Balaban J connectivity index is 2.02. The van der Waals surface area contributed by atoms with Crippen LogP contribution in [-0.4, -0.2) is 23.0 Å². The summed E-state index contributed by atoms with van der Waals surface area (Å²) in [6, 6.07) is 8.94. The van der Waals surface area contributed by atoms with Crippen LogP contribution in [0.4, 0.5) is 0 Å². The number of hydrogen-bond donors (Lipinski definition) is 1. The zero-order valence-electron chi connectivity index (χ0n) is 11.1. The quantitative estimate of drug-likeness (QED) is 0.897. The molecule has 0 amide bonds. The first-order valence-electron chi connectivity index (χ1n) is 6.10. The van der Waals surface area contributed by atoms with Crippen molar-refractivity contribution in [3.8, 4) is 0 Å². The summed E-state index contributed by atoms with van der Waals surface area (Å²) in [4.78, 5) is 13.0. The molecule has 0 aliphatic carbocycles. The van der Waals surface area contributed by atoms with E-state index in [0.29, 0.717) is 18.7 Å². The fourth-order valence-corrected chi connectivity index (χ4v) is 1.98. The maximum atomic E-state index is 10.9. The Bertz CT molecular complexity index is 574. The molecular formula is C15H17NO3. The van der Waals surface area contributed by atoms with Crippen molar-refractivity contribution < 1.29 is 14.3 Å². The summed E-state index contributed by atoms with van der Waals surface area (Å²) in [5.41, 5.74) is 2.43. The fraction of sp³-hybridized carbons (Fsp3) is 0.267. The molecule has 19 heavy (non-hydrogen) atoms. The van der Waals surface area contributed by atoms with Crippen LogP contribution in [0.1, 0.15) is 27.2 Å². The standard InChI is InChI=1S/C15H17NO3/c1-11-6-7-19-14(11)10-16(2)9-12-4-3-5-13(8-12)15(17)18/h3-8H,9-10H2,1-2H3,(H,17,18). The number of carboxylic acids is 1. The van der Waals surface area contributed by atoms with Crippen molar-refractivity contribution in [3.63, 3.8) is 0 Å². The summed E-state index contributed by atoms with van der Waals surface area (Å²) in [5, 5.41) is 8.96. The van der Waals surface area contributed by atoms with Crippen LogP contribution in [0.15, 0.2) is 41.0 Å². The summed E-state index contributed by atoms with van der Waals surface area (Å²) in [5.74, 6) is 0.0447. The third-order valence-electron chi connectivity index (χ3n) is 3.01. The van der Waals surface area contributed by atoms with Gasteiger partial charge in [-0.2, -0.15) is 0 Å². The number of nitrogens with zero attached hydrogens (tertiary/aromatic N) is 1. The van der Waals surface area contributed by atoms with E-state index in [2.05, 4.69) is 4.90 Å². The molecule has 1 N–H and O–H groups in total. The summed E-state index contributed by atoms with van der Waals surface area (Å²) in [6.45, 7) is 3.40. The Morgan fingerprint density at radius 2 is 2.11 bits per heavy atom. The number of hydrogen-bond acceptors (Lipinski definition) is 3. The number of carboxylic acid groups (broad SMARTS) is 1. The molecule has 1 aromatic carbocycles. The van der Waals surface area contributed by atoms with Crippen LogP contribution in [0.5, 0.6) is 0 Å². The Kier molecular flexibility index (Phi) is 4.02. The largest absolute Gasteiger partial charge is 0.478 e. The Morgan fingerprint density at radius 3 is 2.74 bits per heavy atom. The van der Waals surface area contributed by atoms with Crippen LogP contribution in [-0.2, 0) is 13.1 Å². The minimum Gasteiger partial charge on any atom is -0.478 e. The number of rotatable bonds is 5. The van der Waals surface area contributed by atoms with Gasteiger partial charge in [0.15, 0.2) is 0 Å². The van der Waals surface area contributed by atoms with Gasteiger partial charge in [-0.3, -0.25) is 4.90 Å². The molecule has 0 bridgehead atoms. The lowest BCUT2D eigenvalue weighted by Crippen LogP contribution is -2.17. The molecule has 1 heterocycles. The number of aryl methyl sites for hydroxylation is 1. The molecule has 2 rings (SSSR count). The first-order chi connectivity index (χ1) is 9.06. The highest BCUT2D eigenvalue weighted by Gasteiger charge is 2.08. The number of aromatic carboxylic acids is 1. The first-order valence-corrected chi connectivity index (χ1v) is 6.10. The average molecular weight is 259 g/mol. The van der Waals surface area contributed by atoms with Gasteiger partial charge in [0.25, 0.3) is 0 Å². The minimum atomic E-state index is -0.897. The predicted molar refractivity (Wildman–Crippen MR) is 72.0 cm³/mol. The molecule has 0 aliphatic rings. The molecule has 0 saturated heterocycles. The molecule has 0 spiro atoms. The highest BCUT2D eigenvalue weighted by molar-refractivity contribution is 5.87. The average Bonchev–Trinajstić information content (AvgIpc) is 2.75. The van der Waals surface area contributed by atoms with Crippen LogP contribution in [0, 0.1) is 6.92 Å². The molecule has 1 aromatic heterocycles. The molecular weight excluding hydrogens is 242 g/mol. The highest BCUT2D eigenvalue weighted by atomic mass is 16.4. The fourth-order valence-electron chi connectivity index (χ4n) is 1.98. The van der Waals surface area contributed by atoms with Gasteiger partial charge in [-0.1, -0.05) is 12.1 Å². The van der Waals surface area contributed by atoms with Crippen molar-refractivity contribution in [2.24, 2.45) is 0 Å². The summed E-state index contributed by atoms with van der Waals surface area (Å²) < 4.78 is 5.40. The first kappa shape index (κ1) is 13.4. The monoisotopic (exact) mass is 259 g/mol. The molecule has 100 valence electrons. The molecule has 0 unspecified atom stereocenters. The zero-order chi connectivity index (χ0) is 13.8. The second kappa shape index (κ2) is 5.71. The summed E-state index contributed by atoms with van der Waals surface area (Å²) in [7, 11) is 1.98. The number of carbonyl (C=O) groups is 1. The molecule has 0 radical (unpaired) electrons. The van der Waals surface area contributed by atoms with Gasteiger partial charge in [0.1, 0.15) is 5.76 Å². The molecule has 2 aromatic rings. The zero-order valence-corrected chi connectivity index (χ0v) is 11.1. The van der Waals surface area contributed by atoms with Gasteiger partial charge in [-0.15, -0.1) is 0 Å². The molecule has 0 aliphatic heterocycles. The van der Waals surface area contributed by atoms with E-state index in [9.17, 15) is 4.79 Å². The van der Waals surface area contributed by atoms with Crippen molar-refractivity contribution in [3.05, 3.63) is 59.0 Å². The highest BCUT2D eigenvalue weighted by Crippen LogP contribution is 2.13. The van der Waals surface area contributed by atoms with E-state index >= 15 is 0 Å². The van der Waals surface area contributed by atoms with Crippen molar-refractivity contribution in [1.82, 2.24) is 4.90 Å². The van der Waals surface area contributed by atoms with Crippen molar-refractivity contribution >= 4 is 5.97 Å². The van der Waals surface area contributed by atoms with E-state index in [0.717, 1.165) is 16.9 Å². The lowest BCUT2D eigenvalue weighted by Gasteiger charge is -2.16. The van der Waals surface area contributed by atoms with Gasteiger partial charge < -0.3 is 9.52 Å². The van der Waals surface area contributed by atoms with Gasteiger partial charge in [-0.25, -0.2) is 4.79 Å². The van der Waals surface area contributed by atoms with Crippen molar-refractivity contribution in [1.29, 1.82) is 0 Å². The van der Waals surface area contributed by atoms with Gasteiger partial charge in [0.2, 0.25) is 0 Å². The van der Waals surface area contributed by atoms with Crippen LogP contribution in [0.25, 0.3) is 0 Å². The summed E-state index contributed by atoms with van der Waals surface area (Å²) >= 11 is 0. The van der Waals surface area contributed by atoms with Gasteiger partial charge in [-0.05, 0) is 43.3 Å². The van der Waals surface area contributed by atoms with E-state index in [4.69, 9.17) is 9.52 Å². The topological polar surface area (TPSA) is 53.7 Å². The van der Waals surface area contributed by atoms with Crippen molar-refractivity contribution in [2.45, 2.75) is 20.0 Å². The minimum absolute atomic E-state index is 0.320.